The lowest BCUT2D eigenvalue weighted by Crippen LogP contribution is -3.00. The molecule has 9 aromatic rings. The van der Waals surface area contributed by atoms with Gasteiger partial charge < -0.3 is 55.5 Å². The lowest BCUT2D eigenvalue weighted by atomic mass is 9.96. The number of pyridine rings is 3. The van der Waals surface area contributed by atoms with Crippen molar-refractivity contribution in [1.29, 1.82) is 0 Å². The molecule has 494 valence electrons. The molecule has 0 unspecified atom stereocenters. The molecule has 3 amide bonds. The van der Waals surface area contributed by atoms with Crippen molar-refractivity contribution in [3.05, 3.63) is 161 Å². The normalized spacial score (nSPS) is 18.0. The van der Waals surface area contributed by atoms with Gasteiger partial charge in [-0.05, 0) is 180 Å². The number of ether oxygens (including phenoxy) is 1. The van der Waals surface area contributed by atoms with Gasteiger partial charge in [-0.25, -0.2) is 37.7 Å². The summed E-state index contributed by atoms with van der Waals surface area (Å²) >= 11 is 4.24. The largest absolute Gasteiger partial charge is 1.00 e. The zero-order chi connectivity index (χ0) is 64.2. The smallest absolute Gasteiger partial charge is 0.410 e. The third kappa shape index (κ3) is 16.4. The van der Waals surface area contributed by atoms with Crippen LogP contribution in [0.1, 0.15) is 142 Å². The van der Waals surface area contributed by atoms with Gasteiger partial charge in [0.2, 0.25) is 5.76 Å². The molecule has 3 aromatic carbocycles. The second-order valence-electron chi connectivity index (χ2n) is 26.2. The monoisotopic (exact) mass is 1740 g/mol. The summed E-state index contributed by atoms with van der Waals surface area (Å²) in [7, 11) is 0. The molecule has 0 radical (unpaired) electrons. The third-order valence-corrected chi connectivity index (χ3v) is 17.7. The van der Waals surface area contributed by atoms with E-state index in [1.165, 1.54) is 42.5 Å². The van der Waals surface area contributed by atoms with E-state index in [1.54, 1.807) is 58.3 Å². The first-order valence-electron chi connectivity index (χ1n) is 30.2. The van der Waals surface area contributed by atoms with Crippen LogP contribution in [0.5, 0.6) is 0 Å². The fourth-order valence-corrected chi connectivity index (χ4v) is 11.7. The molecule has 8 heterocycles. The Morgan fingerprint density at radius 2 is 0.903 bits per heavy atom. The number of nitrogens with zero attached hydrogens (tertiary/aromatic N) is 6. The predicted octanol–water partition coefficient (Wildman–Crippen LogP) is 13.3. The molecule has 3 N–H and O–H groups in total. The zero-order valence-electron chi connectivity index (χ0n) is 52.6. The van der Waals surface area contributed by atoms with E-state index in [-0.39, 0.29) is 130 Å². The summed E-state index contributed by atoms with van der Waals surface area (Å²) in [6, 6.07) is 29.8. The topological polar surface area (TPSA) is 202 Å². The molecule has 0 spiro atoms. The van der Waals surface area contributed by atoms with Crippen LogP contribution in [-0.4, -0.2) is 116 Å². The zero-order valence-corrected chi connectivity index (χ0v) is 62.3. The first-order valence-corrected chi connectivity index (χ1v) is 36.5. The Balaban J connectivity index is 0.000000178. The van der Waals surface area contributed by atoms with Crippen LogP contribution in [0.2, 0.25) is 0 Å². The number of piperazine rings is 2. The summed E-state index contributed by atoms with van der Waals surface area (Å²) in [4.78, 5) is 69.4. The molecule has 2 atom stereocenters. The van der Waals surface area contributed by atoms with E-state index >= 15 is 0 Å². The van der Waals surface area contributed by atoms with Crippen molar-refractivity contribution in [2.24, 2.45) is 0 Å². The molecule has 3 saturated carbocycles. The van der Waals surface area contributed by atoms with Gasteiger partial charge in [-0.3, -0.25) is 9.59 Å². The highest BCUT2D eigenvalue weighted by Crippen LogP contribution is 2.53. The third-order valence-electron chi connectivity index (χ3n) is 17.7. The van der Waals surface area contributed by atoms with Crippen molar-refractivity contribution < 1.29 is 73.2 Å². The van der Waals surface area contributed by atoms with Crippen molar-refractivity contribution in [3.63, 3.8) is 0 Å². The van der Waals surface area contributed by atoms with Crippen LogP contribution < -0.4 is 17.7 Å². The molecule has 5 fully saturated rings. The maximum atomic E-state index is 13.5. The Kier molecular flexibility index (Phi) is 23.1. The minimum atomic E-state index is -1.11. The van der Waals surface area contributed by atoms with E-state index in [4.69, 9.17) is 33.1 Å². The van der Waals surface area contributed by atoms with Crippen LogP contribution in [0.3, 0.4) is 0 Å². The molecule has 6 aromatic heterocycles. The maximum absolute atomic E-state index is 13.5. The van der Waals surface area contributed by atoms with Crippen molar-refractivity contribution >= 4 is 142 Å². The fourth-order valence-electron chi connectivity index (χ4n) is 11.7. The Labute approximate surface area is 601 Å². The fraction of sp³-hybridized carbons (Fsp3) is 0.377. The van der Waals surface area contributed by atoms with Gasteiger partial charge in [-0.1, -0.05) is 20.8 Å². The highest BCUT2D eigenvalue weighted by molar-refractivity contribution is 15.0. The first kappa shape index (κ1) is 73.2. The minimum Gasteiger partial charge on any atom is -1.00 e. The van der Waals surface area contributed by atoms with Gasteiger partial charge in [0.1, 0.15) is 45.6 Å². The van der Waals surface area contributed by atoms with E-state index < -0.39 is 11.6 Å². The Hall–Kier alpha value is -5.63. The second kappa shape index (κ2) is 29.4. The average molecular weight is 1740 g/mol. The maximum Gasteiger partial charge on any atom is 0.410 e. The van der Waals surface area contributed by atoms with Crippen LogP contribution in [-0.2, 0) is 21.0 Å². The van der Waals surface area contributed by atoms with Gasteiger partial charge in [0.05, 0.1) is 36.7 Å². The van der Waals surface area contributed by atoms with Gasteiger partial charge in [0.25, 0.3) is 11.8 Å². The molecular formula is C69H73ClF3I4N7O9. The van der Waals surface area contributed by atoms with Crippen molar-refractivity contribution in [3.8, 4) is 33.8 Å². The van der Waals surface area contributed by atoms with E-state index in [2.05, 4.69) is 75.2 Å². The number of quaternary nitrogens is 1. The van der Waals surface area contributed by atoms with Crippen molar-refractivity contribution in [2.45, 2.75) is 128 Å². The number of aromatic carboxylic acids is 1. The first-order chi connectivity index (χ1) is 42.8. The predicted molar refractivity (Wildman–Crippen MR) is 384 cm³/mol. The Morgan fingerprint density at radius 3 is 1.23 bits per heavy atom. The highest BCUT2D eigenvalue weighted by Gasteiger charge is 2.45. The van der Waals surface area contributed by atoms with E-state index in [0.29, 0.717) is 77.0 Å². The number of furan rings is 3. The van der Waals surface area contributed by atoms with Crippen molar-refractivity contribution in [2.75, 3.05) is 39.3 Å². The molecule has 93 heavy (non-hydrogen) atoms. The van der Waals surface area contributed by atoms with Gasteiger partial charge in [0, 0.05) is 114 Å². The summed E-state index contributed by atoms with van der Waals surface area (Å²) in [6.45, 7) is 19.6. The number of carboxylic acids is 1. The average Bonchev–Trinajstić information content (AvgIpc) is 1.61. The number of fused-ring (bicyclic) bond motifs is 3. The molecule has 2 aliphatic heterocycles. The van der Waals surface area contributed by atoms with E-state index in [1.807, 2.05) is 50.8 Å². The number of rotatable bonds is 9. The van der Waals surface area contributed by atoms with Gasteiger partial charge in [-0.15, -0.1) is 48.0 Å². The van der Waals surface area contributed by atoms with Crippen molar-refractivity contribution in [1.82, 2.24) is 29.7 Å². The van der Waals surface area contributed by atoms with Crippen LogP contribution in [0.25, 0.3) is 67.1 Å². The lowest BCUT2D eigenvalue weighted by molar-refractivity contribution is -0.693. The minimum absolute atomic E-state index is 0. The highest BCUT2D eigenvalue weighted by atomic mass is 128. The Bertz CT molecular complexity index is 4210. The lowest BCUT2D eigenvalue weighted by Gasteiger charge is -2.39. The molecule has 24 heteroatoms. The van der Waals surface area contributed by atoms with Crippen LogP contribution in [0.15, 0.2) is 122 Å². The summed E-state index contributed by atoms with van der Waals surface area (Å²) in [5, 5.41) is 11.4. The number of benzene rings is 3. The molecule has 16 nitrogen and oxygen atoms in total. The molecular weight excluding hydrogens is 1670 g/mol. The number of carboxylic acid groups (broad SMARTS) is 1. The summed E-state index contributed by atoms with van der Waals surface area (Å²) in [5.41, 5.74) is 10.9. The molecule has 14 rings (SSSR count). The number of hydrogen-bond acceptors (Lipinski definition) is 11. The number of hydrogen-bond donors (Lipinski definition) is 2. The summed E-state index contributed by atoms with van der Waals surface area (Å²) in [5.74, 6) is -1.81. The summed E-state index contributed by atoms with van der Waals surface area (Å²) in [6.07, 6.45) is 5.91. The Morgan fingerprint density at radius 1 is 0.559 bits per heavy atom. The van der Waals surface area contributed by atoms with Crippen LogP contribution in [0, 0.1) is 17.5 Å². The molecule has 5 aliphatic rings. The number of halogens is 8. The number of carbonyl (C=O) groups excluding carboxylic acids is 3. The number of amides is 3. The molecule has 3 aliphatic carbocycles. The van der Waals surface area contributed by atoms with Crippen LogP contribution >= 0.6 is 85.2 Å². The van der Waals surface area contributed by atoms with Crippen LogP contribution in [0.4, 0.5) is 18.0 Å². The van der Waals surface area contributed by atoms with E-state index in [0.717, 1.165) is 96.4 Å². The molecule has 2 saturated heterocycles. The summed E-state index contributed by atoms with van der Waals surface area (Å²) < 4.78 is 63.2. The van der Waals surface area contributed by atoms with E-state index in [9.17, 15) is 32.3 Å². The SMILES string of the molecule is CC1(c2cc(-c3ccc(F)cc3)nc3cc(C(=O)O)oc23)CC1.C[C@H]1CN(C(=O)c2cc3nc(-c4ccc(F)cc4)cc(C4(C)CC4)c3o2)CCN1C(=O)OC(C)(C)C.C[C@H]1CN(C(=O)c2cc3nc(-c4ccc(F)cc4)cc(C4(C)CC4)c3o2)CC[NH2+]1.I.I.II.[Cl-]. The quantitative estimate of drug-likeness (QED) is 0.130. The number of carbonyl (C=O) groups is 4. The number of aromatic nitrogens is 3. The van der Waals surface area contributed by atoms with Gasteiger partial charge >= 0.3 is 12.1 Å². The standard InChI is InChI=1S/C28H32FN3O4.C23H24FN3O2.C18H14FNO3.ClH.I2.2HI/c1-17-16-31(12-13-32(17)26(34)36-27(2,3)4)25(33)23-15-22-24(35-23)20(28(5)10-11-28)14-21(30-22)18-6-8-19(29)9-7-18;1-14-13-27(10-9-25-14)22(28)20-12-19-21(29-20)17(23(2)7-8-23)11-18(26-19)15-3-5-16(24)6-4-15;1-18(6-7-18)12-8-13(10-2-4-11(19)5-3-10)20-14-9-15(17(21)22)23-16(12)14;;1-2;;/h6-9,14-15,17H,10-13,16H2,1-5H3;3-6,11-12,14,25H,7-10,13H2,1-2H3;2-5,8-9H,6-7H2,1H3,(H,21,22);1H;;2*1H/t17-;14-;;;;;/m00...../s1. The second-order valence-corrected chi connectivity index (χ2v) is 26.2. The molecule has 0 bridgehead atoms. The van der Waals surface area contributed by atoms with Gasteiger partial charge in [0.15, 0.2) is 28.3 Å². The van der Waals surface area contributed by atoms with Gasteiger partial charge in [-0.2, -0.15) is 0 Å². The number of nitrogens with two attached hydrogens (primary N) is 1.